The molecular formula is C14H14N2O4. The van der Waals surface area contributed by atoms with E-state index in [1.54, 1.807) is 12.1 Å². The highest BCUT2D eigenvalue weighted by molar-refractivity contribution is 5.92. The Morgan fingerprint density at radius 3 is 2.50 bits per heavy atom. The van der Waals surface area contributed by atoms with Crippen molar-refractivity contribution < 1.29 is 19.4 Å². The Balaban J connectivity index is 2.57. The molecule has 6 heteroatoms. The van der Waals surface area contributed by atoms with Crippen molar-refractivity contribution in [1.29, 1.82) is 0 Å². The van der Waals surface area contributed by atoms with Gasteiger partial charge in [-0.1, -0.05) is 0 Å². The zero-order chi connectivity index (χ0) is 14.9. The number of nitrogens with one attached hydrogen (secondary N) is 1. The summed E-state index contributed by atoms with van der Waals surface area (Å²) in [6, 6.07) is 4.82. The van der Waals surface area contributed by atoms with Crippen LogP contribution in [-0.2, 0) is 4.74 Å². The standard InChI is InChI=1S/C14H14N2O4/c1-7-4-9(14(19)20-3)5-10(8(7)2)11-6-12(13(17)18)16-15-11/h4-6H,1-3H3,(H,15,16)(H,17,18). The predicted octanol–water partition coefficient (Wildman–Crippen LogP) is 2.18. The van der Waals surface area contributed by atoms with Gasteiger partial charge in [-0.2, -0.15) is 5.10 Å². The average molecular weight is 274 g/mol. The second kappa shape index (κ2) is 5.16. The van der Waals surface area contributed by atoms with E-state index >= 15 is 0 Å². The van der Waals surface area contributed by atoms with Gasteiger partial charge in [-0.05, 0) is 43.2 Å². The number of aryl methyl sites for hydroxylation is 1. The van der Waals surface area contributed by atoms with Gasteiger partial charge in [0.05, 0.1) is 18.4 Å². The minimum absolute atomic E-state index is 0.000485. The Bertz CT molecular complexity index is 688. The van der Waals surface area contributed by atoms with Crippen LogP contribution in [0.1, 0.15) is 32.0 Å². The monoisotopic (exact) mass is 274 g/mol. The molecule has 104 valence electrons. The molecule has 0 aliphatic heterocycles. The number of carboxylic acid groups (broad SMARTS) is 1. The van der Waals surface area contributed by atoms with E-state index in [0.717, 1.165) is 11.1 Å². The maximum absolute atomic E-state index is 11.6. The summed E-state index contributed by atoms with van der Waals surface area (Å²) in [5, 5.41) is 15.3. The SMILES string of the molecule is COC(=O)c1cc(C)c(C)c(-c2cc(C(=O)O)[nH]n2)c1. The summed E-state index contributed by atoms with van der Waals surface area (Å²) in [4.78, 5) is 22.5. The van der Waals surface area contributed by atoms with Gasteiger partial charge in [-0.3, -0.25) is 5.10 Å². The Morgan fingerprint density at radius 1 is 1.25 bits per heavy atom. The highest BCUT2D eigenvalue weighted by atomic mass is 16.5. The van der Waals surface area contributed by atoms with Gasteiger partial charge in [0.25, 0.3) is 0 Å². The number of aromatic carboxylic acids is 1. The Morgan fingerprint density at radius 2 is 1.95 bits per heavy atom. The molecule has 1 heterocycles. The van der Waals surface area contributed by atoms with Gasteiger partial charge in [0.15, 0.2) is 0 Å². The van der Waals surface area contributed by atoms with Crippen molar-refractivity contribution in [3.63, 3.8) is 0 Å². The number of carboxylic acids is 1. The van der Waals surface area contributed by atoms with Crippen LogP contribution >= 0.6 is 0 Å². The van der Waals surface area contributed by atoms with Crippen molar-refractivity contribution in [3.05, 3.63) is 40.6 Å². The number of aromatic amines is 1. The fourth-order valence-corrected chi connectivity index (χ4v) is 1.93. The van der Waals surface area contributed by atoms with E-state index in [0.29, 0.717) is 16.8 Å². The van der Waals surface area contributed by atoms with E-state index in [9.17, 15) is 9.59 Å². The molecule has 0 radical (unpaired) electrons. The van der Waals surface area contributed by atoms with E-state index in [1.165, 1.54) is 13.2 Å². The van der Waals surface area contributed by atoms with Crippen LogP contribution in [0.15, 0.2) is 18.2 Å². The van der Waals surface area contributed by atoms with E-state index in [4.69, 9.17) is 9.84 Å². The van der Waals surface area contributed by atoms with E-state index in [-0.39, 0.29) is 5.69 Å². The Hall–Kier alpha value is -2.63. The summed E-state index contributed by atoms with van der Waals surface area (Å²) < 4.78 is 4.70. The maximum Gasteiger partial charge on any atom is 0.353 e. The first-order valence-corrected chi connectivity index (χ1v) is 5.92. The van der Waals surface area contributed by atoms with Crippen LogP contribution in [0.2, 0.25) is 0 Å². The van der Waals surface area contributed by atoms with Crippen LogP contribution in [0.5, 0.6) is 0 Å². The van der Waals surface area contributed by atoms with Crippen LogP contribution in [0.25, 0.3) is 11.3 Å². The van der Waals surface area contributed by atoms with Gasteiger partial charge in [-0.25, -0.2) is 9.59 Å². The van der Waals surface area contributed by atoms with Crippen LogP contribution in [0.3, 0.4) is 0 Å². The zero-order valence-corrected chi connectivity index (χ0v) is 11.4. The molecule has 0 aliphatic rings. The molecule has 1 aromatic heterocycles. The molecule has 0 atom stereocenters. The smallest absolute Gasteiger partial charge is 0.353 e. The average Bonchev–Trinajstić information content (AvgIpc) is 2.90. The lowest BCUT2D eigenvalue weighted by Crippen LogP contribution is -2.03. The molecule has 1 aromatic carbocycles. The number of hydrogen-bond acceptors (Lipinski definition) is 4. The number of benzene rings is 1. The molecule has 0 saturated heterocycles. The molecule has 2 N–H and O–H groups in total. The number of H-pyrrole nitrogens is 1. The van der Waals surface area contributed by atoms with Crippen molar-refractivity contribution in [3.8, 4) is 11.3 Å². The van der Waals surface area contributed by atoms with Crippen molar-refractivity contribution in [1.82, 2.24) is 10.2 Å². The number of rotatable bonds is 3. The molecule has 0 bridgehead atoms. The maximum atomic E-state index is 11.6. The largest absolute Gasteiger partial charge is 0.477 e. The number of carbonyl (C=O) groups excluding carboxylic acids is 1. The predicted molar refractivity (Wildman–Crippen MR) is 71.8 cm³/mol. The topological polar surface area (TPSA) is 92.3 Å². The summed E-state index contributed by atoms with van der Waals surface area (Å²) in [6.07, 6.45) is 0. The number of nitrogens with zero attached hydrogens (tertiary/aromatic N) is 1. The molecule has 0 amide bonds. The molecule has 2 rings (SSSR count). The fraction of sp³-hybridized carbons (Fsp3) is 0.214. The Kier molecular flexibility index (Phi) is 3.56. The normalized spacial score (nSPS) is 10.3. The number of esters is 1. The quantitative estimate of drug-likeness (QED) is 0.837. The van der Waals surface area contributed by atoms with Gasteiger partial charge in [0.1, 0.15) is 5.69 Å². The second-order valence-electron chi connectivity index (χ2n) is 4.43. The van der Waals surface area contributed by atoms with Crippen LogP contribution < -0.4 is 0 Å². The van der Waals surface area contributed by atoms with E-state index in [1.807, 2.05) is 13.8 Å². The third kappa shape index (κ3) is 2.40. The summed E-state index contributed by atoms with van der Waals surface area (Å²) in [5.41, 5.74) is 3.43. The van der Waals surface area contributed by atoms with E-state index < -0.39 is 11.9 Å². The zero-order valence-electron chi connectivity index (χ0n) is 11.4. The molecular weight excluding hydrogens is 260 g/mol. The minimum Gasteiger partial charge on any atom is -0.477 e. The third-order valence-corrected chi connectivity index (χ3v) is 3.17. The minimum atomic E-state index is -1.08. The molecule has 0 fully saturated rings. The van der Waals surface area contributed by atoms with Gasteiger partial charge >= 0.3 is 11.9 Å². The third-order valence-electron chi connectivity index (χ3n) is 3.17. The number of carbonyl (C=O) groups is 2. The molecule has 0 unspecified atom stereocenters. The summed E-state index contributed by atoms with van der Waals surface area (Å²) in [7, 11) is 1.31. The number of hydrogen-bond donors (Lipinski definition) is 2. The first kappa shape index (κ1) is 13.8. The second-order valence-corrected chi connectivity index (χ2v) is 4.43. The first-order valence-electron chi connectivity index (χ1n) is 5.92. The highest BCUT2D eigenvalue weighted by Crippen LogP contribution is 2.26. The molecule has 0 spiro atoms. The fourth-order valence-electron chi connectivity index (χ4n) is 1.93. The van der Waals surface area contributed by atoms with Crippen molar-refractivity contribution in [2.45, 2.75) is 13.8 Å². The van der Waals surface area contributed by atoms with Crippen LogP contribution in [-0.4, -0.2) is 34.4 Å². The van der Waals surface area contributed by atoms with Gasteiger partial charge in [-0.15, -0.1) is 0 Å². The van der Waals surface area contributed by atoms with Gasteiger partial charge in [0, 0.05) is 5.56 Å². The van der Waals surface area contributed by atoms with Crippen LogP contribution in [0, 0.1) is 13.8 Å². The van der Waals surface area contributed by atoms with E-state index in [2.05, 4.69) is 10.2 Å². The molecule has 20 heavy (non-hydrogen) atoms. The molecule has 2 aromatic rings. The van der Waals surface area contributed by atoms with Crippen LogP contribution in [0.4, 0.5) is 0 Å². The first-order chi connectivity index (χ1) is 9.43. The summed E-state index contributed by atoms with van der Waals surface area (Å²) in [6.45, 7) is 3.76. The van der Waals surface area contributed by atoms with Crippen molar-refractivity contribution >= 4 is 11.9 Å². The van der Waals surface area contributed by atoms with Gasteiger partial charge in [0.2, 0.25) is 0 Å². The lowest BCUT2D eigenvalue weighted by atomic mass is 9.97. The summed E-state index contributed by atoms with van der Waals surface area (Å²) >= 11 is 0. The molecule has 6 nitrogen and oxygen atoms in total. The molecule has 0 saturated carbocycles. The lowest BCUT2D eigenvalue weighted by Gasteiger charge is -2.09. The number of ether oxygens (including phenoxy) is 1. The lowest BCUT2D eigenvalue weighted by molar-refractivity contribution is 0.0599. The Labute approximate surface area is 115 Å². The summed E-state index contributed by atoms with van der Waals surface area (Å²) in [5.74, 6) is -1.52. The van der Waals surface area contributed by atoms with Crippen molar-refractivity contribution in [2.24, 2.45) is 0 Å². The van der Waals surface area contributed by atoms with Gasteiger partial charge < -0.3 is 9.84 Å². The highest BCUT2D eigenvalue weighted by Gasteiger charge is 2.15. The number of aromatic nitrogens is 2. The molecule has 0 aliphatic carbocycles. The number of methoxy groups -OCH3 is 1. The van der Waals surface area contributed by atoms with Crippen molar-refractivity contribution in [2.75, 3.05) is 7.11 Å².